The summed E-state index contributed by atoms with van der Waals surface area (Å²) < 4.78 is 2.60. The summed E-state index contributed by atoms with van der Waals surface area (Å²) in [6.45, 7) is 3.92. The molecule has 2 aromatic heterocycles. The molecule has 0 saturated heterocycles. The van der Waals surface area contributed by atoms with Gasteiger partial charge in [0.25, 0.3) is 0 Å². The Morgan fingerprint density at radius 2 is 2.24 bits per heavy atom. The number of aryl methyl sites for hydroxylation is 1. The van der Waals surface area contributed by atoms with E-state index in [0.717, 1.165) is 20.1 Å². The first-order valence-electron chi connectivity index (χ1n) is 4.97. The smallest absolute Gasteiger partial charge is 0.194 e. The fraction of sp³-hybridized carbons (Fsp3) is 0.273. The number of carbonyl (C=O) groups excluding carboxylic acids is 1. The first-order chi connectivity index (χ1) is 7.99. The third kappa shape index (κ3) is 2.61. The minimum atomic E-state index is 0.0444. The average molecular weight is 334 g/mol. The lowest BCUT2D eigenvalue weighted by atomic mass is 10.3. The van der Waals surface area contributed by atoms with Crippen LogP contribution in [-0.4, -0.2) is 15.6 Å². The number of nitrogens with zero attached hydrogens (tertiary/aromatic N) is 2. The SMILES string of the molecule is Cc1nn(CC(=O)c2ccc(Br)s2)c(C)c1Cl. The van der Waals surface area contributed by atoms with Crippen LogP contribution in [0.2, 0.25) is 5.02 Å². The van der Waals surface area contributed by atoms with E-state index in [2.05, 4.69) is 21.0 Å². The lowest BCUT2D eigenvalue weighted by Crippen LogP contribution is -2.11. The third-order valence-corrected chi connectivity index (χ3v) is 4.65. The van der Waals surface area contributed by atoms with Crippen LogP contribution in [0.3, 0.4) is 0 Å². The predicted octanol–water partition coefficient (Wildman–Crippen LogP) is 3.86. The number of carbonyl (C=O) groups is 1. The van der Waals surface area contributed by atoms with Crippen LogP contribution in [-0.2, 0) is 6.54 Å². The molecule has 3 nitrogen and oxygen atoms in total. The normalized spacial score (nSPS) is 10.8. The molecule has 17 heavy (non-hydrogen) atoms. The van der Waals surface area contributed by atoms with Crippen molar-refractivity contribution in [2.24, 2.45) is 0 Å². The number of halogens is 2. The molecule has 0 bridgehead atoms. The molecule has 0 fully saturated rings. The summed E-state index contributed by atoms with van der Waals surface area (Å²) in [4.78, 5) is 12.7. The van der Waals surface area contributed by atoms with Gasteiger partial charge in [0.05, 0.1) is 25.1 Å². The second kappa shape index (κ2) is 4.92. The fourth-order valence-corrected chi connectivity index (χ4v) is 2.96. The molecule has 0 atom stereocenters. The van der Waals surface area contributed by atoms with Crippen molar-refractivity contribution in [3.05, 3.63) is 37.2 Å². The summed E-state index contributed by atoms with van der Waals surface area (Å²) >= 11 is 10.8. The summed E-state index contributed by atoms with van der Waals surface area (Å²) in [6.07, 6.45) is 0. The Morgan fingerprint density at radius 1 is 1.53 bits per heavy atom. The molecule has 0 aromatic carbocycles. The quantitative estimate of drug-likeness (QED) is 0.799. The molecule has 0 aliphatic heterocycles. The van der Waals surface area contributed by atoms with Crippen molar-refractivity contribution in [3.8, 4) is 0 Å². The number of ketones is 1. The molecule has 6 heteroatoms. The van der Waals surface area contributed by atoms with Crippen molar-refractivity contribution < 1.29 is 4.79 Å². The van der Waals surface area contributed by atoms with E-state index < -0.39 is 0 Å². The number of hydrogen-bond donors (Lipinski definition) is 0. The zero-order valence-corrected chi connectivity index (χ0v) is 12.5. The van der Waals surface area contributed by atoms with Crippen molar-refractivity contribution in [2.45, 2.75) is 20.4 Å². The van der Waals surface area contributed by atoms with Crippen LogP contribution >= 0.6 is 38.9 Å². The molecular formula is C11H10BrClN2OS. The maximum atomic E-state index is 12.0. The first-order valence-corrected chi connectivity index (χ1v) is 6.96. The van der Waals surface area contributed by atoms with Gasteiger partial charge in [0, 0.05) is 0 Å². The standard InChI is InChI=1S/C11H10BrClN2OS/c1-6-11(13)7(2)15(14-6)5-8(16)9-3-4-10(12)17-9/h3-4H,5H2,1-2H3. The number of rotatable bonds is 3. The summed E-state index contributed by atoms with van der Waals surface area (Å²) in [6, 6.07) is 3.68. The highest BCUT2D eigenvalue weighted by Crippen LogP contribution is 2.24. The number of hydrogen-bond acceptors (Lipinski definition) is 3. The first kappa shape index (κ1) is 12.8. The van der Waals surface area contributed by atoms with E-state index in [-0.39, 0.29) is 12.3 Å². The molecule has 0 saturated carbocycles. The maximum Gasteiger partial charge on any atom is 0.194 e. The van der Waals surface area contributed by atoms with E-state index in [1.807, 2.05) is 26.0 Å². The molecule has 0 aliphatic rings. The molecule has 0 radical (unpaired) electrons. The van der Waals surface area contributed by atoms with Crippen LogP contribution in [0.5, 0.6) is 0 Å². The highest BCUT2D eigenvalue weighted by molar-refractivity contribution is 9.11. The van der Waals surface area contributed by atoms with Crippen LogP contribution in [0.4, 0.5) is 0 Å². The largest absolute Gasteiger partial charge is 0.291 e. The molecule has 2 heterocycles. The van der Waals surface area contributed by atoms with Crippen molar-refractivity contribution in [2.75, 3.05) is 0 Å². The number of Topliss-reactive ketones (excluding diaryl/α,β-unsaturated/α-hetero) is 1. The van der Waals surface area contributed by atoms with E-state index in [1.54, 1.807) is 4.68 Å². The Balaban J connectivity index is 2.21. The molecule has 2 rings (SSSR count). The molecule has 2 aromatic rings. The second-order valence-electron chi connectivity index (χ2n) is 3.67. The van der Waals surface area contributed by atoms with Crippen LogP contribution in [0.25, 0.3) is 0 Å². The van der Waals surface area contributed by atoms with Gasteiger partial charge in [-0.05, 0) is 41.9 Å². The molecule has 0 spiro atoms. The average Bonchev–Trinajstić information content (AvgIpc) is 2.80. The third-order valence-electron chi connectivity index (χ3n) is 2.43. The zero-order chi connectivity index (χ0) is 12.6. The molecule has 0 N–H and O–H groups in total. The molecular weight excluding hydrogens is 324 g/mol. The lowest BCUT2D eigenvalue weighted by molar-refractivity contribution is 0.0970. The highest BCUT2D eigenvalue weighted by atomic mass is 79.9. The lowest BCUT2D eigenvalue weighted by Gasteiger charge is -2.01. The molecule has 0 aliphatic carbocycles. The predicted molar refractivity (Wildman–Crippen MR) is 73.1 cm³/mol. The Bertz CT molecular complexity index is 576. The summed E-state index contributed by atoms with van der Waals surface area (Å²) in [5, 5.41) is 4.87. The minimum Gasteiger partial charge on any atom is -0.291 e. The maximum absolute atomic E-state index is 12.0. The van der Waals surface area contributed by atoms with Gasteiger partial charge in [-0.15, -0.1) is 11.3 Å². The van der Waals surface area contributed by atoms with Crippen molar-refractivity contribution in [3.63, 3.8) is 0 Å². The van der Waals surface area contributed by atoms with Crippen molar-refractivity contribution in [1.82, 2.24) is 9.78 Å². The van der Waals surface area contributed by atoms with E-state index in [4.69, 9.17) is 11.6 Å². The minimum absolute atomic E-state index is 0.0444. The second-order valence-corrected chi connectivity index (χ2v) is 6.51. The van der Waals surface area contributed by atoms with Gasteiger partial charge in [-0.3, -0.25) is 9.48 Å². The van der Waals surface area contributed by atoms with Gasteiger partial charge in [0.2, 0.25) is 0 Å². The van der Waals surface area contributed by atoms with E-state index in [0.29, 0.717) is 5.02 Å². The molecule has 90 valence electrons. The molecule has 0 unspecified atom stereocenters. The topological polar surface area (TPSA) is 34.9 Å². The van der Waals surface area contributed by atoms with E-state index in [1.165, 1.54) is 11.3 Å². The van der Waals surface area contributed by atoms with Gasteiger partial charge < -0.3 is 0 Å². The monoisotopic (exact) mass is 332 g/mol. The van der Waals surface area contributed by atoms with Crippen LogP contribution in [0, 0.1) is 13.8 Å². The van der Waals surface area contributed by atoms with E-state index >= 15 is 0 Å². The van der Waals surface area contributed by atoms with Gasteiger partial charge in [0.15, 0.2) is 5.78 Å². The zero-order valence-electron chi connectivity index (χ0n) is 9.33. The summed E-state index contributed by atoms with van der Waals surface area (Å²) in [7, 11) is 0. The Kier molecular flexibility index (Phi) is 3.70. The van der Waals surface area contributed by atoms with Gasteiger partial charge >= 0.3 is 0 Å². The van der Waals surface area contributed by atoms with Crippen LogP contribution in [0.15, 0.2) is 15.9 Å². The van der Waals surface area contributed by atoms with Gasteiger partial charge in [0.1, 0.15) is 6.54 Å². The van der Waals surface area contributed by atoms with Gasteiger partial charge in [-0.25, -0.2) is 0 Å². The Labute approximate surface area is 117 Å². The van der Waals surface area contributed by atoms with Crippen molar-refractivity contribution in [1.29, 1.82) is 0 Å². The van der Waals surface area contributed by atoms with Gasteiger partial charge in [-0.2, -0.15) is 5.10 Å². The highest BCUT2D eigenvalue weighted by Gasteiger charge is 2.14. The Hall–Kier alpha value is -0.650. The molecule has 0 amide bonds. The van der Waals surface area contributed by atoms with Crippen LogP contribution < -0.4 is 0 Å². The van der Waals surface area contributed by atoms with Gasteiger partial charge in [-0.1, -0.05) is 11.6 Å². The number of aromatic nitrogens is 2. The number of thiophene rings is 1. The summed E-state index contributed by atoms with van der Waals surface area (Å²) in [5.74, 6) is 0.0444. The summed E-state index contributed by atoms with van der Waals surface area (Å²) in [5.41, 5.74) is 1.58. The van der Waals surface area contributed by atoms with Crippen molar-refractivity contribution >= 4 is 44.7 Å². The van der Waals surface area contributed by atoms with E-state index in [9.17, 15) is 4.79 Å². The Morgan fingerprint density at radius 3 is 2.71 bits per heavy atom. The fourth-order valence-electron chi connectivity index (χ4n) is 1.51. The van der Waals surface area contributed by atoms with Crippen LogP contribution in [0.1, 0.15) is 21.1 Å².